The highest BCUT2D eigenvalue weighted by Crippen LogP contribution is 2.40. The van der Waals surface area contributed by atoms with Gasteiger partial charge in [-0.15, -0.1) is 0 Å². The predicted octanol–water partition coefficient (Wildman–Crippen LogP) is 6.07. The molecule has 0 bridgehead atoms. The zero-order valence-corrected chi connectivity index (χ0v) is 21.4. The molecule has 3 aromatic carbocycles. The van der Waals surface area contributed by atoms with Crippen molar-refractivity contribution in [2.45, 2.75) is 26.8 Å². The number of carbonyl (C=O) groups is 1. The van der Waals surface area contributed by atoms with Crippen LogP contribution in [0.5, 0.6) is 11.5 Å². The lowest BCUT2D eigenvalue weighted by atomic mass is 9.94. The number of hydrogen-bond acceptors (Lipinski definition) is 6. The first-order valence-electron chi connectivity index (χ1n) is 11.9. The summed E-state index contributed by atoms with van der Waals surface area (Å²) in [5.74, 6) is 2.17. The van der Waals surface area contributed by atoms with Crippen LogP contribution in [0.1, 0.15) is 35.5 Å². The summed E-state index contributed by atoms with van der Waals surface area (Å²) in [6.45, 7) is 5.92. The van der Waals surface area contributed by atoms with E-state index in [1.54, 1.807) is 19.1 Å². The summed E-state index contributed by atoms with van der Waals surface area (Å²) in [4.78, 5) is 19.9. The fourth-order valence-corrected chi connectivity index (χ4v) is 4.67. The summed E-state index contributed by atoms with van der Waals surface area (Å²) >= 11 is 0. The van der Waals surface area contributed by atoms with E-state index in [-0.39, 0.29) is 6.03 Å². The molecule has 1 unspecified atom stereocenters. The number of carbonyl (C=O) groups excluding carboxylic acids is 1. The Bertz CT molecular complexity index is 1470. The topological polar surface area (TPSA) is 89.7 Å². The molecule has 4 aromatic rings. The Morgan fingerprint density at radius 2 is 1.59 bits per heavy atom. The van der Waals surface area contributed by atoms with Gasteiger partial charge < -0.3 is 19.3 Å². The summed E-state index contributed by atoms with van der Waals surface area (Å²) in [5.41, 5.74) is 5.94. The zero-order chi connectivity index (χ0) is 26.1. The van der Waals surface area contributed by atoms with Crippen molar-refractivity contribution in [2.24, 2.45) is 0 Å². The van der Waals surface area contributed by atoms with E-state index in [9.17, 15) is 4.79 Å². The Balaban J connectivity index is 1.65. The SMILES string of the molecule is COc1ccc(C2NC(=O)N(c3cc(C)cc(C)c3)C(C)=C2c2nc(-c3cccc(OC)c3)no2)cc1. The van der Waals surface area contributed by atoms with Crippen LogP contribution in [0.15, 0.2) is 77.0 Å². The van der Waals surface area contributed by atoms with Gasteiger partial charge in [0.2, 0.25) is 5.82 Å². The summed E-state index contributed by atoms with van der Waals surface area (Å²) in [6.07, 6.45) is 0. The van der Waals surface area contributed by atoms with Crippen molar-refractivity contribution in [1.82, 2.24) is 15.5 Å². The minimum atomic E-state index is -0.501. The van der Waals surface area contributed by atoms with Crippen molar-refractivity contribution < 1.29 is 18.8 Å². The molecule has 0 radical (unpaired) electrons. The molecule has 8 nitrogen and oxygen atoms in total. The molecule has 188 valence electrons. The lowest BCUT2D eigenvalue weighted by Gasteiger charge is -2.35. The van der Waals surface area contributed by atoms with Crippen LogP contribution in [0, 0.1) is 13.8 Å². The summed E-state index contributed by atoms with van der Waals surface area (Å²) in [6, 6.07) is 20.3. The number of hydrogen-bond donors (Lipinski definition) is 1. The van der Waals surface area contributed by atoms with E-state index in [2.05, 4.69) is 16.5 Å². The first-order valence-corrected chi connectivity index (χ1v) is 11.9. The van der Waals surface area contributed by atoms with Crippen LogP contribution in [0.4, 0.5) is 10.5 Å². The fourth-order valence-electron chi connectivity index (χ4n) is 4.67. The van der Waals surface area contributed by atoms with E-state index in [1.165, 1.54) is 0 Å². The monoisotopic (exact) mass is 496 g/mol. The van der Waals surface area contributed by atoms with E-state index >= 15 is 0 Å². The summed E-state index contributed by atoms with van der Waals surface area (Å²) < 4.78 is 16.5. The van der Waals surface area contributed by atoms with E-state index in [4.69, 9.17) is 19.0 Å². The molecule has 2 heterocycles. The Hall–Kier alpha value is -4.59. The first-order chi connectivity index (χ1) is 17.9. The average molecular weight is 497 g/mol. The van der Waals surface area contributed by atoms with E-state index < -0.39 is 6.04 Å². The van der Waals surface area contributed by atoms with Crippen molar-refractivity contribution >= 4 is 17.3 Å². The molecule has 1 atom stereocenters. The number of amides is 2. The van der Waals surface area contributed by atoms with Gasteiger partial charge in [0.05, 0.1) is 31.5 Å². The van der Waals surface area contributed by atoms with Crippen LogP contribution in [-0.4, -0.2) is 30.4 Å². The van der Waals surface area contributed by atoms with Crippen molar-refractivity contribution in [1.29, 1.82) is 0 Å². The average Bonchev–Trinajstić information content (AvgIpc) is 3.38. The van der Waals surface area contributed by atoms with Gasteiger partial charge in [0.25, 0.3) is 5.89 Å². The summed E-state index contributed by atoms with van der Waals surface area (Å²) in [7, 11) is 3.23. The molecule has 0 saturated heterocycles. The van der Waals surface area contributed by atoms with Gasteiger partial charge >= 0.3 is 6.03 Å². The molecule has 1 aliphatic rings. The highest BCUT2D eigenvalue weighted by molar-refractivity contribution is 6.01. The molecular formula is C29H28N4O4. The van der Waals surface area contributed by atoms with Gasteiger partial charge in [-0.2, -0.15) is 4.98 Å². The van der Waals surface area contributed by atoms with Crippen LogP contribution in [0.25, 0.3) is 17.0 Å². The van der Waals surface area contributed by atoms with Crippen molar-refractivity contribution in [3.63, 3.8) is 0 Å². The Morgan fingerprint density at radius 1 is 0.892 bits per heavy atom. The Kier molecular flexibility index (Phi) is 6.40. The molecule has 0 saturated carbocycles. The number of aromatic nitrogens is 2. The molecule has 1 aliphatic heterocycles. The molecule has 0 fully saturated rings. The Morgan fingerprint density at radius 3 is 2.27 bits per heavy atom. The second-order valence-corrected chi connectivity index (χ2v) is 8.99. The number of methoxy groups -OCH3 is 2. The van der Waals surface area contributed by atoms with Gasteiger partial charge in [0.15, 0.2) is 0 Å². The number of rotatable bonds is 6. The third kappa shape index (κ3) is 4.65. The second-order valence-electron chi connectivity index (χ2n) is 8.99. The van der Waals surface area contributed by atoms with Gasteiger partial charge in [-0.3, -0.25) is 4.90 Å². The van der Waals surface area contributed by atoms with Gasteiger partial charge in [-0.05, 0) is 73.9 Å². The van der Waals surface area contributed by atoms with Crippen molar-refractivity contribution in [3.8, 4) is 22.9 Å². The molecular weight excluding hydrogens is 468 g/mol. The van der Waals surface area contributed by atoms with Gasteiger partial charge in [0, 0.05) is 11.3 Å². The van der Waals surface area contributed by atoms with Crippen LogP contribution in [-0.2, 0) is 0 Å². The quantitative estimate of drug-likeness (QED) is 0.348. The number of ether oxygens (including phenoxy) is 2. The molecule has 1 aromatic heterocycles. The standard InChI is InChI=1S/C29H28N4O4/c1-17-13-18(2)15-22(14-17)33-19(3)25(26(30-29(33)34)20-9-11-23(35-4)12-10-20)28-31-27(32-37-28)21-7-6-8-24(16-21)36-5/h6-16,26H,1-5H3,(H,30,34). The lowest BCUT2D eigenvalue weighted by molar-refractivity contribution is 0.244. The largest absolute Gasteiger partial charge is 0.497 e. The van der Waals surface area contributed by atoms with Gasteiger partial charge in [0.1, 0.15) is 11.5 Å². The number of nitrogens with one attached hydrogen (secondary N) is 1. The van der Waals surface area contributed by atoms with Crippen molar-refractivity contribution in [2.75, 3.05) is 19.1 Å². The maximum atomic E-state index is 13.5. The van der Waals surface area contributed by atoms with Crippen LogP contribution < -0.4 is 19.7 Å². The molecule has 1 N–H and O–H groups in total. The normalized spacial score (nSPS) is 15.5. The highest BCUT2D eigenvalue weighted by Gasteiger charge is 2.36. The van der Waals surface area contributed by atoms with Crippen LogP contribution >= 0.6 is 0 Å². The minimum absolute atomic E-state index is 0.236. The van der Waals surface area contributed by atoms with E-state index in [1.807, 2.05) is 81.4 Å². The zero-order valence-electron chi connectivity index (χ0n) is 21.4. The fraction of sp³-hybridized carbons (Fsp3) is 0.207. The van der Waals surface area contributed by atoms with E-state index in [0.29, 0.717) is 28.7 Å². The smallest absolute Gasteiger partial charge is 0.326 e. The maximum Gasteiger partial charge on any atom is 0.326 e. The molecule has 0 spiro atoms. The van der Waals surface area contributed by atoms with Gasteiger partial charge in [-0.1, -0.05) is 35.5 Å². The number of nitrogens with zero attached hydrogens (tertiary/aromatic N) is 3. The third-order valence-corrected chi connectivity index (χ3v) is 6.38. The Labute approximate surface area is 215 Å². The third-order valence-electron chi connectivity index (χ3n) is 6.38. The summed E-state index contributed by atoms with van der Waals surface area (Å²) in [5, 5.41) is 7.39. The first kappa shape index (κ1) is 24.1. The number of urea groups is 1. The predicted molar refractivity (Wildman–Crippen MR) is 142 cm³/mol. The number of aryl methyl sites for hydroxylation is 2. The van der Waals surface area contributed by atoms with Crippen LogP contribution in [0.2, 0.25) is 0 Å². The van der Waals surface area contributed by atoms with Crippen LogP contribution in [0.3, 0.4) is 0 Å². The number of benzene rings is 3. The number of allylic oxidation sites excluding steroid dienone is 1. The van der Waals surface area contributed by atoms with Crippen molar-refractivity contribution in [3.05, 3.63) is 95.0 Å². The minimum Gasteiger partial charge on any atom is -0.497 e. The molecule has 5 rings (SSSR count). The number of anilines is 1. The highest BCUT2D eigenvalue weighted by atomic mass is 16.5. The molecule has 8 heteroatoms. The van der Waals surface area contributed by atoms with Gasteiger partial charge in [-0.25, -0.2) is 4.79 Å². The second kappa shape index (κ2) is 9.81. The molecule has 37 heavy (non-hydrogen) atoms. The van der Waals surface area contributed by atoms with E-state index in [0.717, 1.165) is 33.7 Å². The lowest BCUT2D eigenvalue weighted by Crippen LogP contribution is -2.46. The molecule has 0 aliphatic carbocycles. The maximum absolute atomic E-state index is 13.5. The molecule has 2 amide bonds.